The number of ketones is 1. The normalized spacial score (nSPS) is 17.1. The van der Waals surface area contributed by atoms with Crippen LogP contribution in [0.5, 0.6) is 5.75 Å². The number of carbonyl (C=O) groups excluding carboxylic acids is 2. The summed E-state index contributed by atoms with van der Waals surface area (Å²) in [6.45, 7) is 0. The Morgan fingerprint density at radius 1 is 0.914 bits per heavy atom. The van der Waals surface area contributed by atoms with Gasteiger partial charge in [0.2, 0.25) is 5.13 Å². The highest BCUT2D eigenvalue weighted by atomic mass is 32.2. The molecule has 9 heteroatoms. The van der Waals surface area contributed by atoms with E-state index >= 15 is 0 Å². The van der Waals surface area contributed by atoms with E-state index in [0.717, 1.165) is 5.56 Å². The first kappa shape index (κ1) is 22.8. The number of hydrogen-bond acceptors (Lipinski definition) is 8. The molecule has 1 fully saturated rings. The molecule has 4 aromatic rings. The molecule has 0 saturated carbocycles. The second-order valence-electron chi connectivity index (χ2n) is 7.75. The van der Waals surface area contributed by atoms with Gasteiger partial charge in [0.25, 0.3) is 5.78 Å². The first-order valence-corrected chi connectivity index (χ1v) is 12.5. The van der Waals surface area contributed by atoms with E-state index in [0.29, 0.717) is 21.2 Å². The number of thioether (sulfide) groups is 1. The van der Waals surface area contributed by atoms with Crippen LogP contribution in [-0.2, 0) is 15.3 Å². The Kier molecular flexibility index (Phi) is 6.35. The number of benzene rings is 3. The maximum atomic E-state index is 13.2. The third kappa shape index (κ3) is 4.55. The van der Waals surface area contributed by atoms with Crippen molar-refractivity contribution in [1.29, 1.82) is 0 Å². The molecule has 35 heavy (non-hydrogen) atoms. The van der Waals surface area contributed by atoms with Gasteiger partial charge in [-0.3, -0.25) is 14.5 Å². The van der Waals surface area contributed by atoms with Gasteiger partial charge in [-0.15, -0.1) is 10.2 Å². The number of carbonyl (C=O) groups is 2. The SMILES string of the molecule is O=C1C(=O)N(c2nnc(SCc3ccccc3)s2)[C@@H](c2ccc(O)cc2)C1=C(O)c1ccccc1. The van der Waals surface area contributed by atoms with Crippen LogP contribution < -0.4 is 4.90 Å². The zero-order chi connectivity index (χ0) is 24.4. The smallest absolute Gasteiger partial charge is 0.301 e. The number of aromatic hydroxyl groups is 1. The lowest BCUT2D eigenvalue weighted by atomic mass is 9.95. The van der Waals surface area contributed by atoms with Crippen LogP contribution in [0.3, 0.4) is 0 Å². The van der Waals surface area contributed by atoms with Gasteiger partial charge in [-0.25, -0.2) is 0 Å². The third-order valence-electron chi connectivity index (χ3n) is 5.51. The quantitative estimate of drug-likeness (QED) is 0.124. The van der Waals surface area contributed by atoms with Gasteiger partial charge in [0.1, 0.15) is 11.5 Å². The second-order valence-corrected chi connectivity index (χ2v) is 9.93. The number of Topliss-reactive ketones (excluding diaryl/α,β-unsaturated/α-hetero) is 1. The van der Waals surface area contributed by atoms with Crippen LogP contribution in [0.4, 0.5) is 5.13 Å². The van der Waals surface area contributed by atoms with Crippen molar-refractivity contribution in [3.8, 4) is 5.75 Å². The zero-order valence-corrected chi connectivity index (χ0v) is 19.9. The Morgan fingerprint density at radius 3 is 2.26 bits per heavy atom. The van der Waals surface area contributed by atoms with E-state index in [1.54, 1.807) is 42.5 Å². The molecule has 0 unspecified atom stereocenters. The molecule has 2 heterocycles. The Labute approximate surface area is 209 Å². The molecule has 0 radical (unpaired) electrons. The fourth-order valence-corrected chi connectivity index (χ4v) is 5.65. The number of aromatic nitrogens is 2. The van der Waals surface area contributed by atoms with Crippen molar-refractivity contribution in [2.45, 2.75) is 16.1 Å². The lowest BCUT2D eigenvalue weighted by Gasteiger charge is -2.22. The molecule has 0 spiro atoms. The van der Waals surface area contributed by atoms with Gasteiger partial charge >= 0.3 is 5.91 Å². The topological polar surface area (TPSA) is 104 Å². The minimum absolute atomic E-state index is 0.0411. The van der Waals surface area contributed by atoms with Crippen LogP contribution in [0.25, 0.3) is 5.76 Å². The fourth-order valence-electron chi connectivity index (χ4n) is 3.83. The fraction of sp³-hybridized carbons (Fsp3) is 0.0769. The maximum Gasteiger partial charge on any atom is 0.301 e. The van der Waals surface area contributed by atoms with E-state index in [4.69, 9.17) is 0 Å². The lowest BCUT2D eigenvalue weighted by molar-refractivity contribution is -0.132. The molecular formula is C26H19N3O4S2. The Bertz CT molecular complexity index is 1400. The van der Waals surface area contributed by atoms with Crippen LogP contribution in [0.1, 0.15) is 22.7 Å². The predicted molar refractivity (Wildman–Crippen MR) is 135 cm³/mol. The number of amides is 1. The molecule has 1 amide bonds. The van der Waals surface area contributed by atoms with Gasteiger partial charge in [0.15, 0.2) is 4.34 Å². The Balaban J connectivity index is 1.54. The van der Waals surface area contributed by atoms with Gasteiger partial charge < -0.3 is 10.2 Å². The van der Waals surface area contributed by atoms with E-state index < -0.39 is 17.7 Å². The van der Waals surface area contributed by atoms with Gasteiger partial charge in [0.05, 0.1) is 11.6 Å². The molecule has 1 saturated heterocycles. The van der Waals surface area contributed by atoms with Gasteiger partial charge in [0, 0.05) is 11.3 Å². The molecule has 1 aliphatic rings. The van der Waals surface area contributed by atoms with E-state index in [1.807, 2.05) is 30.3 Å². The number of phenols is 1. The van der Waals surface area contributed by atoms with E-state index in [2.05, 4.69) is 10.2 Å². The van der Waals surface area contributed by atoms with E-state index in [1.165, 1.54) is 40.1 Å². The predicted octanol–water partition coefficient (Wildman–Crippen LogP) is 5.16. The van der Waals surface area contributed by atoms with Crippen molar-refractivity contribution >= 4 is 45.7 Å². The summed E-state index contributed by atoms with van der Waals surface area (Å²) in [5.41, 5.74) is 2.06. The average Bonchev–Trinajstić information content (AvgIpc) is 3.46. The minimum atomic E-state index is -0.921. The number of hydrogen-bond donors (Lipinski definition) is 2. The van der Waals surface area contributed by atoms with Crippen LogP contribution in [0.15, 0.2) is 94.8 Å². The molecular weight excluding hydrogens is 482 g/mol. The number of phenolic OH excluding ortho intramolecular Hbond substituents is 1. The minimum Gasteiger partial charge on any atom is -0.508 e. The number of rotatable bonds is 6. The molecule has 1 atom stereocenters. The lowest BCUT2D eigenvalue weighted by Crippen LogP contribution is -2.29. The Morgan fingerprint density at radius 2 is 1.57 bits per heavy atom. The first-order chi connectivity index (χ1) is 17.0. The van der Waals surface area contributed by atoms with Gasteiger partial charge in [-0.2, -0.15) is 0 Å². The summed E-state index contributed by atoms with van der Waals surface area (Å²) >= 11 is 2.69. The van der Waals surface area contributed by atoms with Crippen molar-refractivity contribution in [2.75, 3.05) is 4.90 Å². The summed E-state index contributed by atoms with van der Waals surface area (Å²) in [5.74, 6) is -1.14. The monoisotopic (exact) mass is 501 g/mol. The van der Waals surface area contributed by atoms with Gasteiger partial charge in [-0.05, 0) is 23.3 Å². The average molecular weight is 502 g/mol. The summed E-state index contributed by atoms with van der Waals surface area (Å²) in [6, 6.07) is 23.8. The largest absolute Gasteiger partial charge is 0.508 e. The number of anilines is 1. The van der Waals surface area contributed by atoms with E-state index in [9.17, 15) is 19.8 Å². The van der Waals surface area contributed by atoms with Crippen LogP contribution in [0.2, 0.25) is 0 Å². The van der Waals surface area contributed by atoms with Crippen LogP contribution in [0, 0.1) is 0 Å². The third-order valence-corrected chi connectivity index (χ3v) is 7.63. The summed E-state index contributed by atoms with van der Waals surface area (Å²) in [4.78, 5) is 27.6. The van der Waals surface area contributed by atoms with Crippen molar-refractivity contribution in [3.05, 3.63) is 107 Å². The first-order valence-electron chi connectivity index (χ1n) is 10.7. The summed E-state index contributed by atoms with van der Waals surface area (Å²) in [5, 5.41) is 29.5. The molecule has 174 valence electrons. The summed E-state index contributed by atoms with van der Waals surface area (Å²) in [6.07, 6.45) is 0. The highest BCUT2D eigenvalue weighted by molar-refractivity contribution is 8.00. The highest BCUT2D eigenvalue weighted by Gasteiger charge is 2.48. The standard InChI is InChI=1S/C26H19N3O4S2/c30-19-13-11-17(12-14-19)21-20(22(31)18-9-5-2-6-10-18)23(32)24(33)29(21)25-27-28-26(35-25)34-15-16-7-3-1-4-8-16/h1-14,21,30-31H,15H2/t21-/m0/s1. The Hall–Kier alpha value is -3.95. The van der Waals surface area contributed by atoms with Crippen LogP contribution in [-0.4, -0.2) is 32.1 Å². The number of aliphatic hydroxyl groups excluding tert-OH is 1. The summed E-state index contributed by atoms with van der Waals surface area (Å²) in [7, 11) is 0. The van der Waals surface area contributed by atoms with E-state index in [-0.39, 0.29) is 22.2 Å². The zero-order valence-electron chi connectivity index (χ0n) is 18.2. The molecule has 1 aliphatic heterocycles. The maximum absolute atomic E-state index is 13.2. The molecule has 1 aromatic heterocycles. The molecule has 0 bridgehead atoms. The molecule has 3 aromatic carbocycles. The summed E-state index contributed by atoms with van der Waals surface area (Å²) < 4.78 is 0.651. The van der Waals surface area contributed by atoms with Crippen molar-refractivity contribution in [1.82, 2.24) is 10.2 Å². The van der Waals surface area contributed by atoms with Crippen molar-refractivity contribution in [3.63, 3.8) is 0 Å². The van der Waals surface area contributed by atoms with Crippen LogP contribution >= 0.6 is 23.1 Å². The van der Waals surface area contributed by atoms with Gasteiger partial charge in [-0.1, -0.05) is 95.9 Å². The molecule has 5 rings (SSSR count). The highest BCUT2D eigenvalue weighted by Crippen LogP contribution is 2.44. The molecule has 2 N–H and O–H groups in total. The number of nitrogens with zero attached hydrogens (tertiary/aromatic N) is 3. The second kappa shape index (κ2) is 9.73. The van der Waals surface area contributed by atoms with Crippen molar-refractivity contribution in [2.24, 2.45) is 0 Å². The molecule has 7 nitrogen and oxygen atoms in total. The number of aliphatic hydroxyl groups is 1. The molecule has 0 aliphatic carbocycles. The van der Waals surface area contributed by atoms with Crippen molar-refractivity contribution < 1.29 is 19.8 Å².